The molecule has 0 N–H and O–H groups in total. The summed E-state index contributed by atoms with van der Waals surface area (Å²) in [7, 11) is 0. The largest absolute Gasteiger partial charge is 0.342 e. The van der Waals surface area contributed by atoms with Crippen LogP contribution >= 0.6 is 0 Å². The molecule has 100 valence electrons. The highest BCUT2D eigenvalue weighted by atomic mass is 16.6. The Hall–Kier alpha value is -1.91. The van der Waals surface area contributed by atoms with E-state index in [9.17, 15) is 14.9 Å². The maximum Gasteiger partial charge on any atom is 0.232 e. The minimum atomic E-state index is -0.636. The molecule has 0 aromatic heterocycles. The number of nitro groups is 1. The molecule has 5 heteroatoms. The summed E-state index contributed by atoms with van der Waals surface area (Å²) in [5.41, 5.74) is 1.25. The number of likely N-dealkylation sites (tertiary alicyclic amines) is 1. The Morgan fingerprint density at radius 1 is 1.32 bits per heavy atom. The van der Waals surface area contributed by atoms with Crippen molar-refractivity contribution in [3.8, 4) is 0 Å². The molecule has 0 spiro atoms. The molecule has 0 unspecified atom stereocenters. The number of hydrogen-bond donors (Lipinski definition) is 0. The zero-order valence-electron chi connectivity index (χ0n) is 10.6. The van der Waals surface area contributed by atoms with Gasteiger partial charge in [-0.05, 0) is 12.0 Å². The van der Waals surface area contributed by atoms with Gasteiger partial charge in [0.1, 0.15) is 5.92 Å². The summed E-state index contributed by atoms with van der Waals surface area (Å²) in [6.07, 6.45) is 1.37. The lowest BCUT2D eigenvalue weighted by Crippen LogP contribution is -2.31. The molecule has 1 aromatic carbocycles. The number of amides is 1. The van der Waals surface area contributed by atoms with Crippen LogP contribution in [0.3, 0.4) is 0 Å². The fraction of sp³-hybridized carbons (Fsp3) is 0.500. The van der Waals surface area contributed by atoms with E-state index in [0.717, 1.165) is 13.0 Å². The van der Waals surface area contributed by atoms with Gasteiger partial charge in [0, 0.05) is 30.4 Å². The van der Waals surface area contributed by atoms with Crippen molar-refractivity contribution in [2.45, 2.75) is 24.8 Å². The molecule has 3 atom stereocenters. The van der Waals surface area contributed by atoms with Gasteiger partial charge in [0.15, 0.2) is 0 Å². The van der Waals surface area contributed by atoms with Crippen molar-refractivity contribution < 1.29 is 9.72 Å². The first kappa shape index (κ1) is 12.1. The molecule has 1 aromatic rings. The van der Waals surface area contributed by atoms with E-state index in [-0.39, 0.29) is 16.7 Å². The molecule has 0 bridgehead atoms. The second-order valence-corrected chi connectivity index (χ2v) is 5.38. The Bertz CT molecular complexity index is 503. The summed E-state index contributed by atoms with van der Waals surface area (Å²) in [5.74, 6) is -0.0254. The van der Waals surface area contributed by atoms with E-state index in [1.54, 1.807) is 4.90 Å². The second-order valence-electron chi connectivity index (χ2n) is 5.38. The molecule has 1 saturated carbocycles. The van der Waals surface area contributed by atoms with Crippen LogP contribution in [0.1, 0.15) is 24.3 Å². The van der Waals surface area contributed by atoms with Crippen LogP contribution in [0.5, 0.6) is 0 Å². The van der Waals surface area contributed by atoms with Crippen LogP contribution in [0.2, 0.25) is 0 Å². The molecule has 1 saturated heterocycles. The van der Waals surface area contributed by atoms with Crippen LogP contribution in [-0.4, -0.2) is 34.9 Å². The van der Waals surface area contributed by atoms with Crippen LogP contribution < -0.4 is 0 Å². The van der Waals surface area contributed by atoms with E-state index < -0.39 is 6.04 Å². The molecular formula is C14H16N2O3. The SMILES string of the molecule is O=C([C@@H]1C[C@@H]1[N+](=O)[O-])N1CC[C@@H](c2ccccc2)C1. The molecule has 1 amide bonds. The monoisotopic (exact) mass is 260 g/mol. The van der Waals surface area contributed by atoms with Crippen molar-refractivity contribution in [1.29, 1.82) is 0 Å². The number of carbonyl (C=O) groups excluding carboxylic acids is 1. The number of nitrogens with zero attached hydrogens (tertiary/aromatic N) is 2. The first-order valence-corrected chi connectivity index (χ1v) is 6.64. The highest BCUT2D eigenvalue weighted by molar-refractivity contribution is 5.82. The number of rotatable bonds is 3. The third kappa shape index (κ3) is 2.32. The van der Waals surface area contributed by atoms with Gasteiger partial charge in [-0.15, -0.1) is 0 Å². The van der Waals surface area contributed by atoms with Crippen molar-refractivity contribution >= 4 is 5.91 Å². The van der Waals surface area contributed by atoms with Gasteiger partial charge in [-0.3, -0.25) is 14.9 Å². The normalized spacial score (nSPS) is 29.3. The maximum absolute atomic E-state index is 12.1. The zero-order valence-corrected chi connectivity index (χ0v) is 10.6. The molecular weight excluding hydrogens is 244 g/mol. The lowest BCUT2D eigenvalue weighted by atomic mass is 9.99. The van der Waals surface area contributed by atoms with Gasteiger partial charge in [0.2, 0.25) is 11.9 Å². The van der Waals surface area contributed by atoms with Crippen LogP contribution in [-0.2, 0) is 4.79 Å². The summed E-state index contributed by atoms with van der Waals surface area (Å²) >= 11 is 0. The first-order chi connectivity index (χ1) is 9.16. The minimum absolute atomic E-state index is 0.0277. The highest BCUT2D eigenvalue weighted by Crippen LogP contribution is 2.37. The lowest BCUT2D eigenvalue weighted by Gasteiger charge is -2.16. The first-order valence-electron chi connectivity index (χ1n) is 6.64. The predicted octanol–water partition coefficient (Wildman–Crippen LogP) is 1.67. The Kier molecular flexibility index (Phi) is 2.97. The van der Waals surface area contributed by atoms with Gasteiger partial charge in [-0.2, -0.15) is 0 Å². The summed E-state index contributed by atoms with van der Waals surface area (Å²) in [6.45, 7) is 1.42. The van der Waals surface area contributed by atoms with Gasteiger partial charge >= 0.3 is 0 Å². The Labute approximate surface area is 111 Å². The Balaban J connectivity index is 1.61. The van der Waals surface area contributed by atoms with Crippen molar-refractivity contribution in [2.24, 2.45) is 5.92 Å². The van der Waals surface area contributed by atoms with E-state index in [4.69, 9.17) is 0 Å². The summed E-state index contributed by atoms with van der Waals surface area (Å²) in [5, 5.41) is 10.6. The number of carbonyl (C=O) groups is 1. The van der Waals surface area contributed by atoms with Crippen LogP contribution in [0.15, 0.2) is 30.3 Å². The number of hydrogen-bond acceptors (Lipinski definition) is 3. The van der Waals surface area contributed by atoms with E-state index in [2.05, 4.69) is 12.1 Å². The summed E-state index contributed by atoms with van der Waals surface area (Å²) in [6, 6.07) is 9.51. The fourth-order valence-electron chi connectivity index (χ4n) is 2.87. The van der Waals surface area contributed by atoms with Crippen LogP contribution in [0.4, 0.5) is 0 Å². The third-order valence-electron chi connectivity index (χ3n) is 4.12. The summed E-state index contributed by atoms with van der Waals surface area (Å²) < 4.78 is 0. The Morgan fingerprint density at radius 2 is 2.05 bits per heavy atom. The summed E-state index contributed by atoms with van der Waals surface area (Å²) in [4.78, 5) is 24.2. The maximum atomic E-state index is 12.1. The van der Waals surface area contributed by atoms with Gasteiger partial charge in [-0.1, -0.05) is 30.3 Å². The second kappa shape index (κ2) is 4.64. The van der Waals surface area contributed by atoms with Gasteiger partial charge in [-0.25, -0.2) is 0 Å². The molecule has 1 aliphatic heterocycles. The molecule has 0 radical (unpaired) electrons. The minimum Gasteiger partial charge on any atom is -0.342 e. The average molecular weight is 260 g/mol. The van der Waals surface area contributed by atoms with Crippen molar-refractivity contribution in [2.75, 3.05) is 13.1 Å². The van der Waals surface area contributed by atoms with Crippen LogP contribution in [0.25, 0.3) is 0 Å². The zero-order chi connectivity index (χ0) is 13.4. The Morgan fingerprint density at radius 3 is 2.68 bits per heavy atom. The lowest BCUT2D eigenvalue weighted by molar-refractivity contribution is -0.497. The van der Waals surface area contributed by atoms with Crippen molar-refractivity contribution in [3.63, 3.8) is 0 Å². The van der Waals surface area contributed by atoms with Gasteiger partial charge in [0.25, 0.3) is 0 Å². The molecule has 19 heavy (non-hydrogen) atoms. The molecule has 1 aliphatic carbocycles. The van der Waals surface area contributed by atoms with Crippen molar-refractivity contribution in [3.05, 3.63) is 46.0 Å². The standard InChI is InChI=1S/C14H16N2O3/c17-14(12-8-13(12)16(18)19)15-7-6-11(9-15)10-4-2-1-3-5-10/h1-5,11-13H,6-9H2/t11-,12-,13+/m1/s1. The van der Waals surface area contributed by atoms with E-state index >= 15 is 0 Å². The average Bonchev–Trinajstić information content (AvgIpc) is 3.08. The van der Waals surface area contributed by atoms with Crippen LogP contribution in [0, 0.1) is 16.0 Å². The van der Waals surface area contributed by atoms with E-state index in [1.807, 2.05) is 18.2 Å². The number of benzene rings is 1. The van der Waals surface area contributed by atoms with Gasteiger partial charge in [0.05, 0.1) is 0 Å². The molecule has 1 heterocycles. The highest BCUT2D eigenvalue weighted by Gasteiger charge is 2.55. The van der Waals surface area contributed by atoms with E-state index in [1.165, 1.54) is 5.56 Å². The molecule has 2 aliphatic rings. The topological polar surface area (TPSA) is 63.4 Å². The quantitative estimate of drug-likeness (QED) is 0.613. The van der Waals surface area contributed by atoms with E-state index in [0.29, 0.717) is 18.9 Å². The molecule has 5 nitrogen and oxygen atoms in total. The van der Waals surface area contributed by atoms with Crippen molar-refractivity contribution in [1.82, 2.24) is 4.90 Å². The predicted molar refractivity (Wildman–Crippen MR) is 69.3 cm³/mol. The molecule has 3 rings (SSSR count). The smallest absolute Gasteiger partial charge is 0.232 e. The third-order valence-corrected chi connectivity index (χ3v) is 4.12. The fourth-order valence-corrected chi connectivity index (χ4v) is 2.87. The van der Waals surface area contributed by atoms with Gasteiger partial charge < -0.3 is 4.90 Å². The molecule has 2 fully saturated rings.